The van der Waals surface area contributed by atoms with Gasteiger partial charge in [0.05, 0.1) is 52.5 Å². The van der Waals surface area contributed by atoms with Crippen LogP contribution in [0.5, 0.6) is 11.5 Å². The summed E-state index contributed by atoms with van der Waals surface area (Å²) in [7, 11) is 2.65. The maximum absolute atomic E-state index is 13.9. The third-order valence-corrected chi connectivity index (χ3v) is 7.43. The Morgan fingerprint density at radius 3 is 1.64 bits per heavy atom. The number of carbonyl (C=O) groups is 1. The van der Waals surface area contributed by atoms with Crippen molar-refractivity contribution in [3.05, 3.63) is 138 Å². The minimum Gasteiger partial charge on any atom is -0.494 e. The minimum absolute atomic E-state index is 0.0119. The molecule has 5 aromatic rings. The smallest absolute Gasteiger partial charge is 0.297 e. The number of aliphatic imine (C=N–C) groups is 1. The van der Waals surface area contributed by atoms with Crippen molar-refractivity contribution in [3.63, 3.8) is 0 Å². The van der Waals surface area contributed by atoms with E-state index in [-0.39, 0.29) is 69.3 Å². The number of nitrogens with one attached hydrogen (secondary N) is 3. The maximum atomic E-state index is 13.9. The van der Waals surface area contributed by atoms with Crippen molar-refractivity contribution in [1.82, 2.24) is 20.0 Å². The van der Waals surface area contributed by atoms with Crippen molar-refractivity contribution in [3.8, 4) is 11.5 Å². The number of hydrogen-bond acceptors (Lipinski definition) is 16. The fourth-order valence-corrected chi connectivity index (χ4v) is 4.92. The number of nitro benzene ring substituents is 3. The van der Waals surface area contributed by atoms with Crippen molar-refractivity contribution in [2.24, 2.45) is 4.99 Å². The quantitative estimate of drug-likeness (QED) is 0.0743. The normalized spacial score (nSPS) is 12.9. The largest absolute Gasteiger partial charge is 0.494 e. The molecule has 0 unspecified atom stereocenters. The van der Waals surface area contributed by atoms with E-state index in [0.29, 0.717) is 11.1 Å². The molecule has 0 aliphatic carbocycles. The number of nitrogens with zero attached hydrogens (tertiary/aromatic N) is 8. The van der Waals surface area contributed by atoms with Crippen LogP contribution in [0.4, 0.5) is 46.3 Å². The first-order valence-corrected chi connectivity index (χ1v) is 15.2. The van der Waals surface area contributed by atoms with E-state index in [1.165, 1.54) is 81.0 Å². The molecule has 0 saturated carbocycles. The van der Waals surface area contributed by atoms with Crippen LogP contribution in [-0.2, 0) is 4.79 Å². The Labute approximate surface area is 297 Å². The number of carbonyl (C=O) groups excluding carboxylic acids is 1. The zero-order chi connectivity index (χ0) is 37.6. The molecular weight excluding hydrogens is 694 g/mol. The number of benzene rings is 4. The molecule has 2 heterocycles. The van der Waals surface area contributed by atoms with E-state index in [2.05, 4.69) is 36.0 Å². The van der Waals surface area contributed by atoms with Gasteiger partial charge in [0.15, 0.2) is 5.84 Å². The summed E-state index contributed by atoms with van der Waals surface area (Å²) < 4.78 is 10.7. The lowest BCUT2D eigenvalue weighted by molar-refractivity contribution is -0.385. The topological polar surface area (TPSA) is 255 Å². The molecule has 4 aromatic carbocycles. The zero-order valence-electron chi connectivity index (χ0n) is 27.5. The lowest BCUT2D eigenvalue weighted by Crippen LogP contribution is -2.38. The van der Waals surface area contributed by atoms with Gasteiger partial charge in [-0.1, -0.05) is 30.3 Å². The number of hydrogen-bond donors (Lipinski definition) is 3. The molecule has 6 rings (SSSR count). The van der Waals surface area contributed by atoms with Crippen molar-refractivity contribution >= 4 is 64.1 Å². The summed E-state index contributed by atoms with van der Waals surface area (Å²) in [5.74, 6) is -0.706. The Balaban J connectivity index is 1.40. The van der Waals surface area contributed by atoms with E-state index in [9.17, 15) is 35.1 Å². The number of nitro groups is 3. The summed E-state index contributed by atoms with van der Waals surface area (Å²) in [6, 6.07) is 22.0. The number of anilines is 5. The van der Waals surface area contributed by atoms with Crippen LogP contribution in [-0.4, -0.2) is 60.7 Å². The van der Waals surface area contributed by atoms with E-state index in [0.717, 1.165) is 5.01 Å². The zero-order valence-corrected chi connectivity index (χ0v) is 27.5. The van der Waals surface area contributed by atoms with E-state index >= 15 is 0 Å². The maximum Gasteiger partial charge on any atom is 0.297 e. The van der Waals surface area contributed by atoms with Gasteiger partial charge in [0.2, 0.25) is 17.8 Å². The Kier molecular flexibility index (Phi) is 9.75. The lowest BCUT2D eigenvalue weighted by Gasteiger charge is -2.20. The molecule has 20 nitrogen and oxygen atoms in total. The number of amidine groups is 1. The van der Waals surface area contributed by atoms with Crippen molar-refractivity contribution in [2.75, 3.05) is 30.3 Å². The van der Waals surface area contributed by atoms with Gasteiger partial charge in [0.1, 0.15) is 17.2 Å². The van der Waals surface area contributed by atoms with Gasteiger partial charge >= 0.3 is 0 Å². The first-order chi connectivity index (χ1) is 25.5. The molecule has 1 aliphatic heterocycles. The lowest BCUT2D eigenvalue weighted by atomic mass is 10.2. The first kappa shape index (κ1) is 34.8. The number of aromatic nitrogens is 3. The van der Waals surface area contributed by atoms with E-state index in [4.69, 9.17) is 9.47 Å². The second kappa shape index (κ2) is 14.8. The summed E-state index contributed by atoms with van der Waals surface area (Å²) >= 11 is 0. The highest BCUT2D eigenvalue weighted by atomic mass is 16.6. The average Bonchev–Trinajstić information content (AvgIpc) is 3.45. The summed E-state index contributed by atoms with van der Waals surface area (Å²) in [5.41, 5.74) is 3.79. The van der Waals surface area contributed by atoms with Crippen LogP contribution >= 0.6 is 0 Å². The van der Waals surface area contributed by atoms with Crippen LogP contribution in [0, 0.1) is 30.3 Å². The molecular formula is C33H25N11O9. The van der Waals surface area contributed by atoms with Crippen LogP contribution < -0.4 is 25.5 Å². The van der Waals surface area contributed by atoms with Crippen molar-refractivity contribution in [2.45, 2.75) is 0 Å². The number of non-ortho nitro benzene ring substituents is 3. The van der Waals surface area contributed by atoms with Crippen LogP contribution in [0.25, 0.3) is 6.08 Å². The second-order valence-electron chi connectivity index (χ2n) is 10.8. The Bertz CT molecular complexity index is 2230. The SMILES string of the molecule is COc1cc([N+](=O)[O-])ccc1Nc1nc(Nc2ccc([N+](=O)[O-])cc2OC)nc(NN2C(=O)C(=Cc3ccc([N+](=O)[O-])cc3)N=C2c2ccccc2)n1. The van der Waals surface area contributed by atoms with Crippen molar-refractivity contribution in [1.29, 1.82) is 0 Å². The van der Waals surface area contributed by atoms with E-state index < -0.39 is 20.7 Å². The fraction of sp³-hybridized carbons (Fsp3) is 0.0606. The van der Waals surface area contributed by atoms with Gasteiger partial charge in [-0.3, -0.25) is 40.6 Å². The highest BCUT2D eigenvalue weighted by Crippen LogP contribution is 2.33. The Morgan fingerprint density at radius 1 is 0.660 bits per heavy atom. The molecule has 1 amide bonds. The van der Waals surface area contributed by atoms with Gasteiger partial charge < -0.3 is 20.1 Å². The number of ether oxygens (including phenoxy) is 2. The van der Waals surface area contributed by atoms with E-state index in [1.807, 2.05) is 0 Å². The number of hydrazine groups is 1. The molecule has 53 heavy (non-hydrogen) atoms. The molecule has 20 heteroatoms. The summed E-state index contributed by atoms with van der Waals surface area (Å²) in [6.07, 6.45) is 1.46. The van der Waals surface area contributed by atoms with Crippen LogP contribution in [0.3, 0.4) is 0 Å². The van der Waals surface area contributed by atoms with Crippen molar-refractivity contribution < 1.29 is 29.0 Å². The first-order valence-electron chi connectivity index (χ1n) is 15.2. The van der Waals surface area contributed by atoms with Gasteiger partial charge in [-0.15, -0.1) is 0 Å². The van der Waals surface area contributed by atoms with E-state index in [1.54, 1.807) is 30.3 Å². The molecule has 0 atom stereocenters. The summed E-state index contributed by atoms with van der Waals surface area (Å²) in [5, 5.41) is 40.8. The van der Waals surface area contributed by atoms with Gasteiger partial charge in [-0.05, 0) is 35.9 Å². The average molecular weight is 720 g/mol. The molecule has 0 fully saturated rings. The van der Waals surface area contributed by atoms with Crippen LogP contribution in [0.1, 0.15) is 11.1 Å². The summed E-state index contributed by atoms with van der Waals surface area (Å²) in [4.78, 5) is 63.8. The molecule has 0 saturated heterocycles. The number of amides is 1. The molecule has 3 N–H and O–H groups in total. The predicted molar refractivity (Wildman–Crippen MR) is 190 cm³/mol. The highest BCUT2D eigenvalue weighted by Gasteiger charge is 2.32. The van der Waals surface area contributed by atoms with Gasteiger partial charge in [-0.2, -0.15) is 20.0 Å². The van der Waals surface area contributed by atoms with Crippen LogP contribution in [0.2, 0.25) is 0 Å². The molecule has 0 spiro atoms. The predicted octanol–water partition coefficient (Wildman–Crippen LogP) is 5.76. The fourth-order valence-electron chi connectivity index (χ4n) is 4.92. The third kappa shape index (κ3) is 7.75. The van der Waals surface area contributed by atoms with Crippen LogP contribution in [0.15, 0.2) is 102 Å². The molecule has 0 bridgehead atoms. The molecule has 1 aliphatic rings. The minimum atomic E-state index is -0.624. The van der Waals surface area contributed by atoms with Gasteiger partial charge in [0, 0.05) is 29.8 Å². The number of methoxy groups -OCH3 is 2. The van der Waals surface area contributed by atoms with Gasteiger partial charge in [-0.25, -0.2) is 4.99 Å². The molecule has 0 radical (unpaired) electrons. The Morgan fingerprint density at radius 2 is 1.15 bits per heavy atom. The molecule has 266 valence electrons. The molecule has 1 aromatic heterocycles. The highest BCUT2D eigenvalue weighted by molar-refractivity contribution is 6.20. The Hall–Kier alpha value is -8.03. The number of rotatable bonds is 13. The second-order valence-corrected chi connectivity index (χ2v) is 10.8. The third-order valence-electron chi connectivity index (χ3n) is 7.43. The summed E-state index contributed by atoms with van der Waals surface area (Å²) in [6.45, 7) is 0. The monoisotopic (exact) mass is 719 g/mol. The standard InChI is InChI=1S/C33H25N11O9/c1-52-27-17-22(43(48)49)12-14-24(27)35-31-37-32(36-25-15-13-23(44(50)51)18-28(25)53-2)39-33(38-31)40-41-29(20-6-4-3-5-7-20)34-26(30(41)45)16-19-8-10-21(11-9-19)42(46)47/h3-18H,1-2H3,(H3,35,36,37,38,39,40). The van der Waals surface area contributed by atoms with Gasteiger partial charge in [0.25, 0.3) is 23.0 Å².